The quantitative estimate of drug-likeness (QED) is 0.837. The zero-order chi connectivity index (χ0) is 13.0. The summed E-state index contributed by atoms with van der Waals surface area (Å²) in [5.41, 5.74) is 1.40. The summed E-state index contributed by atoms with van der Waals surface area (Å²) in [6, 6.07) is 9.73. The number of ether oxygens (including phenoxy) is 1. The van der Waals surface area contributed by atoms with E-state index >= 15 is 0 Å². The Labute approximate surface area is 110 Å². The highest BCUT2D eigenvalue weighted by molar-refractivity contribution is 5.29. The first-order valence-corrected chi connectivity index (χ1v) is 6.90. The number of rotatable bonds is 6. The molecule has 3 nitrogen and oxygen atoms in total. The number of nitrogens with zero attached hydrogens (tertiary/aromatic N) is 1. The van der Waals surface area contributed by atoms with Crippen LogP contribution in [-0.4, -0.2) is 37.7 Å². The first-order valence-electron chi connectivity index (χ1n) is 6.90. The number of methoxy groups -OCH3 is 1. The lowest BCUT2D eigenvalue weighted by Crippen LogP contribution is -2.57. The number of nitrogens with one attached hydrogen (secondary N) is 1. The van der Waals surface area contributed by atoms with Crippen LogP contribution in [0.25, 0.3) is 0 Å². The lowest BCUT2D eigenvalue weighted by molar-refractivity contribution is 0.0981. The summed E-state index contributed by atoms with van der Waals surface area (Å²) in [5.74, 6) is 0.932. The van der Waals surface area contributed by atoms with Gasteiger partial charge in [-0.15, -0.1) is 0 Å². The van der Waals surface area contributed by atoms with E-state index in [1.807, 2.05) is 0 Å². The van der Waals surface area contributed by atoms with E-state index in [9.17, 15) is 0 Å². The minimum absolute atomic E-state index is 0.521. The van der Waals surface area contributed by atoms with Crippen LogP contribution in [0.15, 0.2) is 24.3 Å². The Morgan fingerprint density at radius 1 is 1.28 bits per heavy atom. The molecule has 0 spiro atoms. The van der Waals surface area contributed by atoms with Gasteiger partial charge in [0, 0.05) is 25.2 Å². The molecule has 0 radical (unpaired) electrons. The largest absolute Gasteiger partial charge is 0.497 e. The fraction of sp³-hybridized carbons (Fsp3) is 0.600. The molecule has 0 aliphatic carbocycles. The van der Waals surface area contributed by atoms with Crippen LogP contribution in [-0.2, 0) is 0 Å². The van der Waals surface area contributed by atoms with Gasteiger partial charge in [-0.3, -0.25) is 4.90 Å². The Kier molecular flexibility index (Phi) is 4.61. The van der Waals surface area contributed by atoms with E-state index in [2.05, 4.69) is 48.3 Å². The molecule has 2 rings (SSSR count). The van der Waals surface area contributed by atoms with E-state index in [0.717, 1.165) is 31.8 Å². The first kappa shape index (κ1) is 13.4. The first-order chi connectivity index (χ1) is 8.80. The Hall–Kier alpha value is -1.06. The molecule has 0 aromatic heterocycles. The van der Waals surface area contributed by atoms with E-state index in [1.165, 1.54) is 5.56 Å². The summed E-state index contributed by atoms with van der Waals surface area (Å²) in [6.07, 6.45) is 1.15. The van der Waals surface area contributed by atoms with E-state index in [4.69, 9.17) is 4.74 Å². The predicted molar refractivity (Wildman–Crippen MR) is 75.1 cm³/mol. The van der Waals surface area contributed by atoms with Crippen LogP contribution in [0.2, 0.25) is 0 Å². The van der Waals surface area contributed by atoms with Crippen LogP contribution < -0.4 is 10.1 Å². The van der Waals surface area contributed by atoms with Crippen LogP contribution in [0.5, 0.6) is 5.75 Å². The topological polar surface area (TPSA) is 24.5 Å². The van der Waals surface area contributed by atoms with Gasteiger partial charge >= 0.3 is 0 Å². The van der Waals surface area contributed by atoms with Crippen molar-refractivity contribution < 1.29 is 4.74 Å². The minimum atomic E-state index is 0.521. The predicted octanol–water partition coefficient (Wildman–Crippen LogP) is 2.44. The van der Waals surface area contributed by atoms with Gasteiger partial charge in [0.2, 0.25) is 0 Å². The molecule has 1 unspecified atom stereocenters. The summed E-state index contributed by atoms with van der Waals surface area (Å²) >= 11 is 0. The summed E-state index contributed by atoms with van der Waals surface area (Å²) < 4.78 is 5.23. The smallest absolute Gasteiger partial charge is 0.118 e. The van der Waals surface area contributed by atoms with Crippen molar-refractivity contribution in [1.29, 1.82) is 0 Å². The van der Waals surface area contributed by atoms with E-state index in [1.54, 1.807) is 7.11 Å². The maximum absolute atomic E-state index is 5.23. The second-order valence-electron chi connectivity index (χ2n) is 4.84. The van der Waals surface area contributed by atoms with Gasteiger partial charge < -0.3 is 10.1 Å². The fourth-order valence-electron chi connectivity index (χ4n) is 2.73. The molecule has 1 aromatic carbocycles. The van der Waals surface area contributed by atoms with Gasteiger partial charge in [0.15, 0.2) is 0 Å². The highest BCUT2D eigenvalue weighted by Crippen LogP contribution is 2.28. The van der Waals surface area contributed by atoms with Crippen molar-refractivity contribution in [2.45, 2.75) is 32.4 Å². The fourth-order valence-corrected chi connectivity index (χ4v) is 2.73. The van der Waals surface area contributed by atoms with Crippen molar-refractivity contribution in [1.82, 2.24) is 10.2 Å². The molecule has 18 heavy (non-hydrogen) atoms. The molecule has 0 saturated carbocycles. The van der Waals surface area contributed by atoms with Crippen LogP contribution in [0.4, 0.5) is 0 Å². The Bertz CT molecular complexity index is 359. The molecule has 1 N–H and O–H groups in total. The summed E-state index contributed by atoms with van der Waals surface area (Å²) in [6.45, 7) is 7.88. The molecule has 1 saturated heterocycles. The van der Waals surface area contributed by atoms with Crippen molar-refractivity contribution in [2.24, 2.45) is 0 Å². The van der Waals surface area contributed by atoms with Gasteiger partial charge in [-0.25, -0.2) is 0 Å². The van der Waals surface area contributed by atoms with Crippen molar-refractivity contribution in [3.63, 3.8) is 0 Å². The third-order valence-electron chi connectivity index (χ3n) is 3.88. The van der Waals surface area contributed by atoms with Gasteiger partial charge in [0.1, 0.15) is 5.75 Å². The van der Waals surface area contributed by atoms with Crippen LogP contribution in [0.1, 0.15) is 31.9 Å². The number of hydrogen-bond donors (Lipinski definition) is 1. The molecule has 1 aliphatic rings. The van der Waals surface area contributed by atoms with Crippen molar-refractivity contribution in [3.05, 3.63) is 29.8 Å². The summed E-state index contributed by atoms with van der Waals surface area (Å²) in [7, 11) is 1.71. The van der Waals surface area contributed by atoms with Gasteiger partial charge in [-0.2, -0.15) is 0 Å². The maximum Gasteiger partial charge on any atom is 0.118 e. The normalized spacial score (nSPS) is 17.6. The molecule has 3 heteroatoms. The Morgan fingerprint density at radius 2 is 1.94 bits per heavy atom. The average molecular weight is 248 g/mol. The van der Waals surface area contributed by atoms with Crippen molar-refractivity contribution in [2.75, 3.05) is 26.7 Å². The monoisotopic (exact) mass is 248 g/mol. The number of likely N-dealkylation sites (N-methyl/N-ethyl adjacent to an activating group) is 1. The van der Waals surface area contributed by atoms with E-state index < -0.39 is 0 Å². The second kappa shape index (κ2) is 6.21. The van der Waals surface area contributed by atoms with Gasteiger partial charge in [-0.1, -0.05) is 26.0 Å². The molecular formula is C15H24N2O. The van der Waals surface area contributed by atoms with Gasteiger partial charge in [0.25, 0.3) is 0 Å². The third kappa shape index (κ3) is 2.68. The molecule has 100 valence electrons. The zero-order valence-electron chi connectivity index (χ0n) is 11.6. The molecule has 0 bridgehead atoms. The SMILES string of the molecule is CCC(c1ccc(OC)cc1)N(CC)C1CNC1. The molecule has 1 atom stereocenters. The lowest BCUT2D eigenvalue weighted by Gasteiger charge is -2.42. The second-order valence-corrected chi connectivity index (χ2v) is 4.84. The Balaban J connectivity index is 2.14. The van der Waals surface area contributed by atoms with E-state index in [0.29, 0.717) is 12.1 Å². The molecule has 1 aliphatic heterocycles. The standard InChI is InChI=1S/C15H24N2O/c1-4-15(17(5-2)13-10-16-11-13)12-6-8-14(18-3)9-7-12/h6-9,13,15-16H,4-5,10-11H2,1-3H3. The van der Waals surface area contributed by atoms with E-state index in [-0.39, 0.29) is 0 Å². The lowest BCUT2D eigenvalue weighted by atomic mass is 9.99. The molecule has 1 heterocycles. The molecule has 1 fully saturated rings. The van der Waals surface area contributed by atoms with Crippen LogP contribution in [0, 0.1) is 0 Å². The van der Waals surface area contributed by atoms with Gasteiger partial charge in [-0.05, 0) is 30.7 Å². The maximum atomic E-state index is 5.23. The highest BCUT2D eigenvalue weighted by Gasteiger charge is 2.29. The number of hydrogen-bond acceptors (Lipinski definition) is 3. The third-order valence-corrected chi connectivity index (χ3v) is 3.88. The molecular weight excluding hydrogens is 224 g/mol. The van der Waals surface area contributed by atoms with Crippen molar-refractivity contribution in [3.8, 4) is 5.75 Å². The molecule has 1 aromatic rings. The van der Waals surface area contributed by atoms with Crippen LogP contribution in [0.3, 0.4) is 0 Å². The van der Waals surface area contributed by atoms with Gasteiger partial charge in [0.05, 0.1) is 7.11 Å². The van der Waals surface area contributed by atoms with Crippen molar-refractivity contribution >= 4 is 0 Å². The minimum Gasteiger partial charge on any atom is -0.497 e. The van der Waals surface area contributed by atoms with Crippen LogP contribution >= 0.6 is 0 Å². The summed E-state index contributed by atoms with van der Waals surface area (Å²) in [4.78, 5) is 2.61. The molecule has 0 amide bonds. The zero-order valence-corrected chi connectivity index (χ0v) is 11.6. The average Bonchev–Trinajstić information content (AvgIpc) is 2.37. The Morgan fingerprint density at radius 3 is 2.33 bits per heavy atom. The number of benzene rings is 1. The highest BCUT2D eigenvalue weighted by atomic mass is 16.5. The summed E-state index contributed by atoms with van der Waals surface area (Å²) in [5, 5.41) is 3.36.